The van der Waals surface area contributed by atoms with Crippen LogP contribution in [0.1, 0.15) is 44.3 Å². The van der Waals surface area contributed by atoms with Crippen LogP contribution >= 0.6 is 34.8 Å². The monoisotopic (exact) mass is 451 g/mol. The largest absolute Gasteiger partial charge is 0.370 e. The molecule has 3 aliphatic rings. The van der Waals surface area contributed by atoms with Crippen molar-refractivity contribution in [2.24, 2.45) is 0 Å². The highest BCUT2D eigenvalue weighted by atomic mass is 35.5. The summed E-state index contributed by atoms with van der Waals surface area (Å²) in [5.74, 6) is 0.925. The van der Waals surface area contributed by atoms with E-state index in [1.807, 2.05) is 18.2 Å². The lowest BCUT2D eigenvalue weighted by molar-refractivity contribution is 0.0373. The van der Waals surface area contributed by atoms with Gasteiger partial charge >= 0.3 is 0 Å². The molecule has 3 atom stereocenters. The van der Waals surface area contributed by atoms with E-state index in [1.165, 1.54) is 5.56 Å². The maximum absolute atomic E-state index is 6.64. The highest BCUT2D eigenvalue weighted by Crippen LogP contribution is 2.40. The molecule has 2 aromatic rings. The van der Waals surface area contributed by atoms with Crippen molar-refractivity contribution in [3.63, 3.8) is 0 Å². The molecule has 1 aromatic heterocycles. The number of alkyl halides is 1. The summed E-state index contributed by atoms with van der Waals surface area (Å²) >= 11 is 19.4. The van der Waals surface area contributed by atoms with E-state index in [-0.39, 0.29) is 17.5 Å². The molecule has 7 heteroatoms. The van der Waals surface area contributed by atoms with Gasteiger partial charge in [-0.05, 0) is 43.9 Å². The Bertz CT molecular complexity index is 995. The van der Waals surface area contributed by atoms with Crippen molar-refractivity contribution in [3.8, 4) is 0 Å². The second kappa shape index (κ2) is 7.81. The van der Waals surface area contributed by atoms with Crippen LogP contribution in [0, 0.1) is 0 Å². The van der Waals surface area contributed by atoms with Crippen LogP contribution in [-0.2, 0) is 11.3 Å². The number of aromatic nitrogens is 2. The Morgan fingerprint density at radius 3 is 2.79 bits per heavy atom. The number of halogens is 3. The van der Waals surface area contributed by atoms with Crippen LogP contribution < -0.4 is 4.90 Å². The molecule has 3 unspecified atom stereocenters. The first-order valence-electron chi connectivity index (χ1n) is 10.4. The molecule has 0 N–H and O–H groups in total. The van der Waals surface area contributed by atoms with Crippen LogP contribution in [0.2, 0.25) is 5.02 Å². The summed E-state index contributed by atoms with van der Waals surface area (Å²) in [6, 6.07) is 4.08. The highest BCUT2D eigenvalue weighted by Gasteiger charge is 2.33. The van der Waals surface area contributed by atoms with Gasteiger partial charge in [0.2, 0.25) is 5.95 Å². The van der Waals surface area contributed by atoms with Gasteiger partial charge in [-0.1, -0.05) is 42.3 Å². The Morgan fingerprint density at radius 2 is 2.07 bits per heavy atom. The van der Waals surface area contributed by atoms with Crippen molar-refractivity contribution < 1.29 is 4.74 Å². The number of rotatable bonds is 5. The molecule has 29 heavy (non-hydrogen) atoms. The highest BCUT2D eigenvalue weighted by molar-refractivity contribution is 6.35. The second-order valence-electron chi connectivity index (χ2n) is 8.02. The van der Waals surface area contributed by atoms with Gasteiger partial charge in [0.05, 0.1) is 34.2 Å². The smallest absolute Gasteiger partial charge is 0.207 e. The van der Waals surface area contributed by atoms with Crippen LogP contribution in [0.3, 0.4) is 0 Å². The molecule has 154 valence electrons. The molecule has 2 aliphatic carbocycles. The number of hydrogen-bond donors (Lipinski definition) is 0. The van der Waals surface area contributed by atoms with Gasteiger partial charge in [-0.2, -0.15) is 0 Å². The van der Waals surface area contributed by atoms with Gasteiger partial charge in [0.25, 0.3) is 0 Å². The molecule has 0 spiro atoms. The normalized spacial score (nSPS) is 25.2. The van der Waals surface area contributed by atoms with E-state index < -0.39 is 0 Å². The summed E-state index contributed by atoms with van der Waals surface area (Å²) < 4.78 is 8.63. The van der Waals surface area contributed by atoms with E-state index in [2.05, 4.69) is 28.5 Å². The van der Waals surface area contributed by atoms with E-state index in [1.54, 1.807) is 0 Å². The van der Waals surface area contributed by atoms with E-state index >= 15 is 0 Å². The fourth-order valence-corrected chi connectivity index (χ4v) is 5.22. The Kier molecular flexibility index (Phi) is 5.32. The number of imidazole rings is 1. The molecule has 1 aromatic carbocycles. The lowest BCUT2D eigenvalue weighted by Crippen LogP contribution is -2.45. The molecule has 0 amide bonds. The average Bonchev–Trinajstić information content (AvgIpc) is 3.44. The standard InChI is InChI=1S/C22H24Cl3N3O/c1-2-19(29-14-5-6-14)15-7-8-16(24)20-21(15)28-11-3-10-27(22(28)26-20)18-9-4-13(23)12-17(18)25/h4,7-9,12,14,17-19H,2-3,5-6,10-11H2,1H3. The molecule has 0 radical (unpaired) electrons. The fourth-order valence-electron chi connectivity index (χ4n) is 4.40. The molecule has 5 rings (SSSR count). The summed E-state index contributed by atoms with van der Waals surface area (Å²) in [6.45, 7) is 3.99. The van der Waals surface area contributed by atoms with Crippen LogP contribution in [0.5, 0.6) is 0 Å². The minimum Gasteiger partial charge on any atom is -0.370 e. The topological polar surface area (TPSA) is 30.3 Å². The zero-order valence-corrected chi connectivity index (χ0v) is 18.6. The number of fused-ring (bicyclic) bond motifs is 3. The van der Waals surface area contributed by atoms with Crippen molar-refractivity contribution in [1.82, 2.24) is 9.55 Å². The van der Waals surface area contributed by atoms with E-state index in [4.69, 9.17) is 44.5 Å². The van der Waals surface area contributed by atoms with Gasteiger partial charge in [0.15, 0.2) is 0 Å². The lowest BCUT2D eigenvalue weighted by Gasteiger charge is -2.37. The molecule has 4 nitrogen and oxygen atoms in total. The van der Waals surface area contributed by atoms with Gasteiger partial charge in [0, 0.05) is 23.7 Å². The van der Waals surface area contributed by atoms with Crippen LogP contribution in [-0.4, -0.2) is 33.6 Å². The lowest BCUT2D eigenvalue weighted by atomic mass is 10.0. The zero-order valence-electron chi connectivity index (χ0n) is 16.3. The summed E-state index contributed by atoms with van der Waals surface area (Å²) in [5, 5.41) is 1.16. The number of aryl methyl sites for hydroxylation is 1. The van der Waals surface area contributed by atoms with Gasteiger partial charge in [0.1, 0.15) is 5.52 Å². The molecule has 1 saturated carbocycles. The van der Waals surface area contributed by atoms with Gasteiger partial charge in [-0.3, -0.25) is 0 Å². The third kappa shape index (κ3) is 3.59. The zero-order chi connectivity index (χ0) is 20.1. The third-order valence-electron chi connectivity index (χ3n) is 5.95. The predicted molar refractivity (Wildman–Crippen MR) is 120 cm³/mol. The molecule has 0 saturated heterocycles. The van der Waals surface area contributed by atoms with Gasteiger partial charge in [-0.25, -0.2) is 4.98 Å². The van der Waals surface area contributed by atoms with Gasteiger partial charge in [-0.15, -0.1) is 11.6 Å². The number of hydrogen-bond acceptors (Lipinski definition) is 3. The maximum Gasteiger partial charge on any atom is 0.207 e. The predicted octanol–water partition coefficient (Wildman–Crippen LogP) is 6.20. The molecule has 2 heterocycles. The summed E-state index contributed by atoms with van der Waals surface area (Å²) in [7, 11) is 0. The van der Waals surface area contributed by atoms with Crippen molar-refractivity contribution in [2.75, 3.05) is 11.4 Å². The Hall–Kier alpha value is -1.20. The van der Waals surface area contributed by atoms with Gasteiger partial charge < -0.3 is 14.2 Å². The molecule has 0 bridgehead atoms. The van der Waals surface area contributed by atoms with E-state index in [0.717, 1.165) is 55.8 Å². The van der Waals surface area contributed by atoms with Crippen molar-refractivity contribution in [3.05, 3.63) is 46.0 Å². The number of nitrogens with zero attached hydrogens (tertiary/aromatic N) is 3. The summed E-state index contributed by atoms with van der Waals surface area (Å²) in [6.07, 6.45) is 10.6. The van der Waals surface area contributed by atoms with E-state index in [0.29, 0.717) is 16.2 Å². The molecular formula is C22H24Cl3N3O. The number of benzene rings is 1. The SMILES string of the molecule is CCC(OC1CC1)c1ccc(Cl)c2nc3n(c12)CCCN3C1C=CC(Cl)=CC1Cl. The van der Waals surface area contributed by atoms with Crippen molar-refractivity contribution in [1.29, 1.82) is 0 Å². The summed E-state index contributed by atoms with van der Waals surface area (Å²) in [5.41, 5.74) is 3.14. The Labute approximate surface area is 186 Å². The van der Waals surface area contributed by atoms with Crippen LogP contribution in [0.15, 0.2) is 35.4 Å². The van der Waals surface area contributed by atoms with Crippen LogP contribution in [0.4, 0.5) is 5.95 Å². The number of anilines is 1. The van der Waals surface area contributed by atoms with Crippen molar-refractivity contribution in [2.45, 2.75) is 62.8 Å². The summed E-state index contributed by atoms with van der Waals surface area (Å²) in [4.78, 5) is 7.27. The van der Waals surface area contributed by atoms with Crippen LogP contribution in [0.25, 0.3) is 11.0 Å². The van der Waals surface area contributed by atoms with Crippen molar-refractivity contribution >= 4 is 51.8 Å². The molecular weight excluding hydrogens is 429 g/mol. The fraction of sp³-hybridized carbons (Fsp3) is 0.500. The first-order chi connectivity index (χ1) is 14.1. The average molecular weight is 453 g/mol. The minimum absolute atomic E-state index is 0.0157. The Balaban J connectivity index is 1.61. The number of allylic oxidation sites excluding steroid dienone is 2. The third-order valence-corrected chi connectivity index (χ3v) is 6.89. The maximum atomic E-state index is 6.64. The Morgan fingerprint density at radius 1 is 1.24 bits per heavy atom. The first kappa shape index (κ1) is 19.7. The number of ether oxygens (including phenoxy) is 1. The molecule has 1 aliphatic heterocycles. The first-order valence-corrected chi connectivity index (χ1v) is 11.6. The quantitative estimate of drug-likeness (QED) is 0.506. The van der Waals surface area contributed by atoms with E-state index in [9.17, 15) is 0 Å². The second-order valence-corrected chi connectivity index (χ2v) is 9.37. The minimum atomic E-state index is -0.199. The molecule has 1 fully saturated rings.